The quantitative estimate of drug-likeness (QED) is 0.0233. The van der Waals surface area contributed by atoms with Crippen molar-refractivity contribution in [2.24, 2.45) is 0 Å². The molecule has 2 aliphatic rings. The molecule has 0 fully saturated rings. The zero-order chi connectivity index (χ0) is 56.5. The fourth-order valence-corrected chi connectivity index (χ4v) is 45.7. The van der Waals surface area contributed by atoms with Crippen LogP contribution in [0.5, 0.6) is 0 Å². The summed E-state index contributed by atoms with van der Waals surface area (Å²) in [4.78, 5) is 63.8. The fourth-order valence-electron chi connectivity index (χ4n) is 13.3. The second kappa shape index (κ2) is 22.0. The van der Waals surface area contributed by atoms with E-state index in [1.165, 1.54) is 0 Å². The number of benzene rings is 5. The molecule has 0 N–H and O–H groups in total. The van der Waals surface area contributed by atoms with Gasteiger partial charge in [-0.25, -0.2) is 0 Å². The molecule has 0 unspecified atom stereocenters. The lowest BCUT2D eigenvalue weighted by Crippen LogP contribution is -2.48. The van der Waals surface area contributed by atoms with Crippen molar-refractivity contribution in [3.05, 3.63) is 70.8 Å². The van der Waals surface area contributed by atoms with Gasteiger partial charge in [0.25, 0.3) is 23.6 Å². The maximum Gasteiger partial charge on any atom is 0.261 e. The van der Waals surface area contributed by atoms with Gasteiger partial charge < -0.3 is 16.5 Å². The monoisotopic (exact) mass is 1170 g/mol. The lowest BCUT2D eigenvalue weighted by molar-refractivity contribution is 0.0504. The number of hydrogen-bond acceptors (Lipinski definition) is 8. The van der Waals surface area contributed by atoms with Crippen molar-refractivity contribution >= 4 is 133 Å². The van der Waals surface area contributed by atoms with Gasteiger partial charge in [0.15, 0.2) is 66.5 Å². The second-order valence-electron chi connectivity index (χ2n) is 28.9. The first kappa shape index (κ1) is 60.9. The maximum absolute atomic E-state index is 15.1. The number of imide groups is 2. The van der Waals surface area contributed by atoms with Crippen LogP contribution in [0, 0.1) is 0 Å². The van der Waals surface area contributed by atoms with Crippen molar-refractivity contribution in [3.63, 3.8) is 0 Å². The Bertz CT molecular complexity index is 2630. The number of carbonyl (C=O) groups excluding carboxylic acids is 4. The molecule has 76 heavy (non-hydrogen) atoms. The molecular formula is C58H94N2O8Si8. The minimum absolute atomic E-state index is 0.234. The molecule has 0 atom stereocenters. The van der Waals surface area contributed by atoms with E-state index in [4.69, 9.17) is 16.5 Å². The van der Waals surface area contributed by atoms with E-state index in [1.54, 1.807) is 9.80 Å². The van der Waals surface area contributed by atoms with Gasteiger partial charge in [-0.1, -0.05) is 49.9 Å². The van der Waals surface area contributed by atoms with Gasteiger partial charge >= 0.3 is 0 Å². The largest absolute Gasteiger partial charge is 0.456 e. The molecule has 0 saturated carbocycles. The molecule has 416 valence electrons. The van der Waals surface area contributed by atoms with Gasteiger partial charge in [0.1, 0.15) is 0 Å². The second-order valence-corrected chi connectivity index (χ2v) is 65.1. The standard InChI is InChI=1S/C58H94N2O8Si8/c1-69(2,3)65-73(13,14)37-21-25-41(26-22-38-74(15,16)66-70(4,5)6)59-55(61)47-33-29-43-45-31-35-49-54-50(36-32-46(52(45)54)44-30-34-48(56(59)62)53(47)51(43)44)58(64)60(57(49)63)42(27-23-39-75(17,18)67-71(7,8)9)28-24-40-76(19,20)68-72(10,11)12/h29-36,41-42H,21-28,37-40H2,1-20H3. The molecule has 0 aromatic heterocycles. The summed E-state index contributed by atoms with van der Waals surface area (Å²) in [7, 11) is -14.8. The third-order valence-electron chi connectivity index (χ3n) is 15.0. The highest BCUT2D eigenvalue weighted by molar-refractivity contribution is 6.86. The van der Waals surface area contributed by atoms with E-state index >= 15 is 19.2 Å². The molecule has 18 heteroatoms. The van der Waals surface area contributed by atoms with Crippen LogP contribution in [-0.4, -0.2) is 112 Å². The minimum Gasteiger partial charge on any atom is -0.456 e. The van der Waals surface area contributed by atoms with E-state index in [0.29, 0.717) is 33.0 Å². The number of carbonyl (C=O) groups is 4. The van der Waals surface area contributed by atoms with E-state index < -0.39 is 66.5 Å². The highest BCUT2D eigenvalue weighted by Gasteiger charge is 2.43. The van der Waals surface area contributed by atoms with Crippen LogP contribution in [0.4, 0.5) is 0 Å². The SMILES string of the molecule is C[Si](C)(C)O[Si](C)(C)CCCC(CCC[Si](C)(C)O[Si](C)(C)C)N1C(=O)c2ccc3c4ccc5c6c(ccc(c7ccc(c2c37)C1=O)c64)C(=O)N(C(CCC[Si](C)(C)O[Si](C)(C)C)CCC[Si](C)(C)O[Si](C)(C)C)C5=O. The normalized spacial score (nSPS) is 15.7. The maximum atomic E-state index is 15.1. The summed E-state index contributed by atoms with van der Waals surface area (Å²) in [5, 5.41) is 6.75. The topological polar surface area (TPSA) is 112 Å². The Morgan fingerprint density at radius 3 is 0.697 bits per heavy atom. The lowest BCUT2D eigenvalue weighted by atomic mass is 9.81. The first-order chi connectivity index (χ1) is 34.8. The molecule has 0 spiro atoms. The molecule has 0 aliphatic carbocycles. The molecule has 2 aliphatic heterocycles. The van der Waals surface area contributed by atoms with Gasteiger partial charge in [0.2, 0.25) is 0 Å². The van der Waals surface area contributed by atoms with Crippen molar-refractivity contribution in [2.75, 3.05) is 0 Å². The van der Waals surface area contributed by atoms with E-state index in [2.05, 4.69) is 131 Å². The predicted octanol–water partition coefficient (Wildman–Crippen LogP) is 17.0. The minimum atomic E-state index is -1.97. The summed E-state index contributed by atoms with van der Waals surface area (Å²) in [6.07, 6.45) is 6.44. The van der Waals surface area contributed by atoms with Crippen LogP contribution in [0.2, 0.25) is 155 Å². The Balaban J connectivity index is 1.24. The van der Waals surface area contributed by atoms with Crippen LogP contribution in [0.1, 0.15) is 92.8 Å². The zero-order valence-corrected chi connectivity index (χ0v) is 58.4. The van der Waals surface area contributed by atoms with Crippen LogP contribution >= 0.6 is 0 Å². The Morgan fingerprint density at radius 1 is 0.316 bits per heavy atom. The van der Waals surface area contributed by atoms with E-state index in [9.17, 15) is 0 Å². The number of hydrogen-bond donors (Lipinski definition) is 0. The zero-order valence-electron chi connectivity index (χ0n) is 50.4. The number of fused-ring (bicyclic) bond motifs is 2. The van der Waals surface area contributed by atoms with E-state index in [0.717, 1.165) is 108 Å². The molecule has 5 aromatic rings. The van der Waals surface area contributed by atoms with Crippen LogP contribution in [0.3, 0.4) is 0 Å². The highest BCUT2D eigenvalue weighted by atomic mass is 28.4. The van der Waals surface area contributed by atoms with Crippen molar-refractivity contribution in [3.8, 4) is 0 Å². The average molecular weight is 1170 g/mol. The average Bonchev–Trinajstić information content (AvgIpc) is 3.23. The molecule has 7 rings (SSSR count). The molecule has 5 aromatic carbocycles. The number of nitrogens with zero attached hydrogens (tertiary/aromatic N) is 2. The Labute approximate surface area is 465 Å². The van der Waals surface area contributed by atoms with Gasteiger partial charge in [-0.3, -0.25) is 29.0 Å². The van der Waals surface area contributed by atoms with Crippen LogP contribution in [0.15, 0.2) is 48.5 Å². The van der Waals surface area contributed by atoms with Gasteiger partial charge in [0, 0.05) is 45.1 Å². The Hall–Kier alpha value is -2.74. The third kappa shape index (κ3) is 14.2. The van der Waals surface area contributed by atoms with Crippen molar-refractivity contribution in [1.82, 2.24) is 9.80 Å². The van der Waals surface area contributed by atoms with E-state index in [1.807, 2.05) is 48.5 Å². The fraction of sp³-hybridized carbons (Fsp3) is 0.586. The van der Waals surface area contributed by atoms with Gasteiger partial charge in [-0.15, -0.1) is 0 Å². The molecule has 4 amide bonds. The summed E-state index contributed by atoms with van der Waals surface area (Å²) in [6, 6.07) is 19.1. The summed E-state index contributed by atoms with van der Waals surface area (Å²) < 4.78 is 26.9. The Kier molecular flexibility index (Phi) is 17.6. The number of rotatable bonds is 26. The van der Waals surface area contributed by atoms with Gasteiger partial charge in [-0.05, 0) is 237 Å². The molecule has 2 heterocycles. The molecule has 0 radical (unpaired) electrons. The first-order valence-electron chi connectivity index (χ1n) is 28.6. The van der Waals surface area contributed by atoms with Gasteiger partial charge in [-0.2, -0.15) is 0 Å². The predicted molar refractivity (Wildman–Crippen MR) is 340 cm³/mol. The summed E-state index contributed by atoms with van der Waals surface area (Å²) in [5.74, 6) is -0.938. The summed E-state index contributed by atoms with van der Waals surface area (Å²) >= 11 is 0. The smallest absolute Gasteiger partial charge is 0.261 e. The molecule has 10 nitrogen and oxygen atoms in total. The van der Waals surface area contributed by atoms with Crippen LogP contribution in [0.25, 0.3) is 43.1 Å². The van der Waals surface area contributed by atoms with Crippen LogP contribution in [-0.2, 0) is 16.5 Å². The van der Waals surface area contributed by atoms with Crippen molar-refractivity contribution in [1.29, 1.82) is 0 Å². The van der Waals surface area contributed by atoms with Crippen LogP contribution < -0.4 is 0 Å². The van der Waals surface area contributed by atoms with Gasteiger partial charge in [0.05, 0.1) is 0 Å². The van der Waals surface area contributed by atoms with E-state index in [-0.39, 0.29) is 35.7 Å². The first-order valence-corrected chi connectivity index (χ1v) is 54.6. The molecule has 0 bridgehead atoms. The Morgan fingerprint density at radius 2 is 0.513 bits per heavy atom. The third-order valence-corrected chi connectivity index (χ3v) is 39.9. The molecule has 0 saturated heterocycles. The molecular weight excluding hydrogens is 1080 g/mol. The summed E-state index contributed by atoms with van der Waals surface area (Å²) in [6.45, 7) is 45.4. The summed E-state index contributed by atoms with van der Waals surface area (Å²) in [5.41, 5.74) is 2.19. The number of amides is 4. The lowest BCUT2D eigenvalue weighted by Gasteiger charge is -2.37. The van der Waals surface area contributed by atoms with Crippen molar-refractivity contribution < 1.29 is 35.6 Å². The highest BCUT2D eigenvalue weighted by Crippen LogP contribution is 2.47. The van der Waals surface area contributed by atoms with Crippen molar-refractivity contribution in [2.45, 2.75) is 219 Å².